The summed E-state index contributed by atoms with van der Waals surface area (Å²) in [5.74, 6) is 1.37. The van der Waals surface area contributed by atoms with E-state index in [1.54, 1.807) is 17.0 Å². The minimum Gasteiger partial charge on any atom is -0.365 e. The van der Waals surface area contributed by atoms with Gasteiger partial charge in [-0.1, -0.05) is 27.2 Å². The molecule has 5 nitrogen and oxygen atoms in total. The van der Waals surface area contributed by atoms with Crippen LogP contribution < -0.4 is 16.6 Å². The number of aromatic nitrogens is 2. The lowest BCUT2D eigenvalue weighted by Crippen LogP contribution is -2.28. The SMILES string of the molecule is CCC(CCN)CNc1nccn(CC(C)C)c1=O. The Kier molecular flexibility index (Phi) is 6.56. The van der Waals surface area contributed by atoms with E-state index in [4.69, 9.17) is 5.73 Å². The van der Waals surface area contributed by atoms with Crippen molar-refractivity contribution < 1.29 is 0 Å². The van der Waals surface area contributed by atoms with Gasteiger partial charge in [-0.25, -0.2) is 4.98 Å². The molecule has 1 aromatic rings. The fourth-order valence-electron chi connectivity index (χ4n) is 2.03. The molecule has 19 heavy (non-hydrogen) atoms. The van der Waals surface area contributed by atoms with E-state index < -0.39 is 0 Å². The van der Waals surface area contributed by atoms with Crippen molar-refractivity contribution >= 4 is 5.82 Å². The lowest BCUT2D eigenvalue weighted by Gasteiger charge is -2.15. The van der Waals surface area contributed by atoms with Gasteiger partial charge in [-0.05, 0) is 24.8 Å². The summed E-state index contributed by atoms with van der Waals surface area (Å²) in [5, 5.41) is 3.16. The molecular weight excluding hydrogens is 240 g/mol. The molecule has 1 atom stereocenters. The Morgan fingerprint density at radius 3 is 2.79 bits per heavy atom. The van der Waals surface area contributed by atoms with Crippen molar-refractivity contribution in [1.29, 1.82) is 0 Å². The van der Waals surface area contributed by atoms with Crippen molar-refractivity contribution in [3.05, 3.63) is 22.7 Å². The molecule has 0 saturated heterocycles. The molecule has 1 aromatic heterocycles. The molecule has 0 aliphatic heterocycles. The van der Waals surface area contributed by atoms with Crippen LogP contribution in [-0.4, -0.2) is 22.6 Å². The lowest BCUT2D eigenvalue weighted by atomic mass is 10.0. The number of nitrogens with two attached hydrogens (primary N) is 1. The maximum atomic E-state index is 12.2. The predicted octanol–water partition coefficient (Wildman–Crippen LogP) is 1.69. The van der Waals surface area contributed by atoms with Crippen molar-refractivity contribution in [3.8, 4) is 0 Å². The third-order valence-electron chi connectivity index (χ3n) is 3.19. The maximum absolute atomic E-state index is 12.2. The second-order valence-electron chi connectivity index (χ2n) is 5.36. The summed E-state index contributed by atoms with van der Waals surface area (Å²) in [6.07, 6.45) is 5.44. The monoisotopic (exact) mass is 266 g/mol. The van der Waals surface area contributed by atoms with Crippen molar-refractivity contribution in [2.24, 2.45) is 17.6 Å². The number of rotatable bonds is 8. The lowest BCUT2D eigenvalue weighted by molar-refractivity contribution is 0.496. The molecule has 0 aliphatic rings. The predicted molar refractivity (Wildman–Crippen MR) is 79.3 cm³/mol. The van der Waals surface area contributed by atoms with Crippen LogP contribution >= 0.6 is 0 Å². The van der Waals surface area contributed by atoms with E-state index in [0.717, 1.165) is 25.9 Å². The van der Waals surface area contributed by atoms with Crippen LogP contribution in [0.4, 0.5) is 5.82 Å². The number of hydrogen-bond donors (Lipinski definition) is 2. The molecule has 0 fully saturated rings. The molecule has 0 radical (unpaired) electrons. The average Bonchev–Trinajstić information content (AvgIpc) is 2.37. The molecule has 1 unspecified atom stereocenters. The van der Waals surface area contributed by atoms with Crippen molar-refractivity contribution in [1.82, 2.24) is 9.55 Å². The van der Waals surface area contributed by atoms with Gasteiger partial charge in [0.1, 0.15) is 0 Å². The van der Waals surface area contributed by atoms with E-state index in [9.17, 15) is 4.79 Å². The van der Waals surface area contributed by atoms with Crippen LogP contribution in [0.2, 0.25) is 0 Å². The van der Waals surface area contributed by atoms with E-state index >= 15 is 0 Å². The van der Waals surface area contributed by atoms with E-state index in [1.807, 2.05) is 0 Å². The minimum atomic E-state index is -0.0428. The maximum Gasteiger partial charge on any atom is 0.293 e. The quantitative estimate of drug-likeness (QED) is 0.751. The Morgan fingerprint density at radius 1 is 1.47 bits per heavy atom. The zero-order valence-corrected chi connectivity index (χ0v) is 12.2. The Labute approximate surface area is 115 Å². The van der Waals surface area contributed by atoms with Gasteiger partial charge in [0.05, 0.1) is 0 Å². The summed E-state index contributed by atoms with van der Waals surface area (Å²) >= 11 is 0. The standard InChI is InChI=1S/C14H26N4O/c1-4-12(5-6-15)9-17-13-14(19)18(8-7-16-13)10-11(2)3/h7-8,11-12H,4-6,9-10,15H2,1-3H3,(H,16,17). The van der Waals surface area contributed by atoms with Crippen LogP contribution in [0.25, 0.3) is 0 Å². The van der Waals surface area contributed by atoms with Gasteiger partial charge >= 0.3 is 0 Å². The molecule has 5 heteroatoms. The van der Waals surface area contributed by atoms with E-state index in [0.29, 0.717) is 24.2 Å². The van der Waals surface area contributed by atoms with Crippen molar-refractivity contribution in [2.45, 2.75) is 40.2 Å². The van der Waals surface area contributed by atoms with Gasteiger partial charge in [0.15, 0.2) is 5.82 Å². The molecule has 0 amide bonds. The van der Waals surface area contributed by atoms with Crippen LogP contribution in [-0.2, 0) is 6.54 Å². The van der Waals surface area contributed by atoms with Gasteiger partial charge < -0.3 is 15.6 Å². The minimum absolute atomic E-state index is 0.0428. The molecule has 0 bridgehead atoms. The first-order valence-corrected chi connectivity index (χ1v) is 7.07. The van der Waals surface area contributed by atoms with Gasteiger partial charge in [-0.2, -0.15) is 0 Å². The molecule has 0 aliphatic carbocycles. The third-order valence-corrected chi connectivity index (χ3v) is 3.19. The van der Waals surface area contributed by atoms with Gasteiger partial charge in [-0.3, -0.25) is 4.79 Å². The topological polar surface area (TPSA) is 72.9 Å². The molecule has 0 aromatic carbocycles. The Morgan fingerprint density at radius 2 is 2.21 bits per heavy atom. The Hall–Kier alpha value is -1.36. The normalized spacial score (nSPS) is 12.7. The number of hydrogen-bond acceptors (Lipinski definition) is 4. The van der Waals surface area contributed by atoms with E-state index in [2.05, 4.69) is 31.1 Å². The van der Waals surface area contributed by atoms with Crippen LogP contribution in [0, 0.1) is 11.8 Å². The van der Waals surface area contributed by atoms with E-state index in [1.165, 1.54) is 0 Å². The summed E-state index contributed by atoms with van der Waals surface area (Å²) in [6, 6.07) is 0. The van der Waals surface area contributed by atoms with Gasteiger partial charge in [0.25, 0.3) is 5.56 Å². The first kappa shape index (κ1) is 15.7. The number of nitrogens with one attached hydrogen (secondary N) is 1. The van der Waals surface area contributed by atoms with E-state index in [-0.39, 0.29) is 5.56 Å². The second kappa shape index (κ2) is 7.94. The average molecular weight is 266 g/mol. The highest BCUT2D eigenvalue weighted by Crippen LogP contribution is 2.07. The van der Waals surface area contributed by atoms with Crippen LogP contribution in [0.1, 0.15) is 33.6 Å². The Balaban J connectivity index is 2.71. The van der Waals surface area contributed by atoms with Gasteiger partial charge in [0.2, 0.25) is 0 Å². The third kappa shape index (κ3) is 5.03. The first-order chi connectivity index (χ1) is 9.08. The van der Waals surface area contributed by atoms with Crippen LogP contribution in [0.5, 0.6) is 0 Å². The molecule has 1 rings (SSSR count). The zero-order chi connectivity index (χ0) is 14.3. The summed E-state index contributed by atoms with van der Waals surface area (Å²) in [7, 11) is 0. The molecule has 3 N–H and O–H groups in total. The van der Waals surface area contributed by atoms with Crippen LogP contribution in [0.3, 0.4) is 0 Å². The van der Waals surface area contributed by atoms with Gasteiger partial charge in [0, 0.05) is 25.5 Å². The molecule has 0 saturated carbocycles. The first-order valence-electron chi connectivity index (χ1n) is 7.07. The fraction of sp³-hybridized carbons (Fsp3) is 0.714. The summed E-state index contributed by atoms with van der Waals surface area (Å²) in [5.41, 5.74) is 5.53. The Bertz CT molecular complexity index is 428. The summed E-state index contributed by atoms with van der Waals surface area (Å²) in [4.78, 5) is 16.3. The summed E-state index contributed by atoms with van der Waals surface area (Å²) in [6.45, 7) is 8.47. The fourth-order valence-corrected chi connectivity index (χ4v) is 2.03. The molecule has 1 heterocycles. The summed E-state index contributed by atoms with van der Waals surface area (Å²) < 4.78 is 1.71. The highest BCUT2D eigenvalue weighted by Gasteiger charge is 2.09. The smallest absolute Gasteiger partial charge is 0.293 e. The van der Waals surface area contributed by atoms with Crippen molar-refractivity contribution in [2.75, 3.05) is 18.4 Å². The molecular formula is C14H26N4O. The second-order valence-corrected chi connectivity index (χ2v) is 5.36. The number of anilines is 1. The number of nitrogens with zero attached hydrogens (tertiary/aromatic N) is 2. The highest BCUT2D eigenvalue weighted by atomic mass is 16.1. The van der Waals surface area contributed by atoms with Crippen LogP contribution in [0.15, 0.2) is 17.2 Å². The highest BCUT2D eigenvalue weighted by molar-refractivity contribution is 5.30. The van der Waals surface area contributed by atoms with Gasteiger partial charge in [-0.15, -0.1) is 0 Å². The largest absolute Gasteiger partial charge is 0.365 e. The zero-order valence-electron chi connectivity index (χ0n) is 12.2. The van der Waals surface area contributed by atoms with Crippen molar-refractivity contribution in [3.63, 3.8) is 0 Å². The molecule has 0 spiro atoms. The molecule has 108 valence electrons.